The van der Waals surface area contributed by atoms with Crippen molar-refractivity contribution in [1.29, 1.82) is 0 Å². The maximum absolute atomic E-state index is 12.6. The predicted molar refractivity (Wildman–Crippen MR) is 127 cm³/mol. The van der Waals surface area contributed by atoms with E-state index in [4.69, 9.17) is 4.74 Å². The number of rotatable bonds is 8. The number of hydrogen-bond acceptors (Lipinski definition) is 5. The standard InChI is InChI=1S/C24H25N3O5S/c1-16-4-10-21(11-5-16)32-22-12-6-20(7-13-22)26-24(29)17(2)27-33(30,31)23-14-8-19(9-15-23)25-18(3)28/h4-15,17,27H,1-3H3,(H,25,28)(H,26,29)/t17-/m0/s1. The Morgan fingerprint density at radius 3 is 1.82 bits per heavy atom. The number of anilines is 2. The van der Waals surface area contributed by atoms with Crippen molar-refractivity contribution in [2.45, 2.75) is 31.7 Å². The molecule has 0 saturated carbocycles. The molecule has 0 radical (unpaired) electrons. The third-order valence-electron chi connectivity index (χ3n) is 4.59. The van der Waals surface area contributed by atoms with Gasteiger partial charge in [-0.25, -0.2) is 8.42 Å². The van der Waals surface area contributed by atoms with Gasteiger partial charge in [0.2, 0.25) is 21.8 Å². The number of sulfonamides is 1. The van der Waals surface area contributed by atoms with Crippen LogP contribution in [0.4, 0.5) is 11.4 Å². The summed E-state index contributed by atoms with van der Waals surface area (Å²) in [5, 5.41) is 5.24. The molecule has 9 heteroatoms. The number of carbonyl (C=O) groups is 2. The highest BCUT2D eigenvalue weighted by atomic mass is 32.2. The van der Waals surface area contributed by atoms with Gasteiger partial charge in [0.15, 0.2) is 0 Å². The molecule has 3 aromatic carbocycles. The van der Waals surface area contributed by atoms with Crippen molar-refractivity contribution in [3.8, 4) is 11.5 Å². The van der Waals surface area contributed by atoms with Crippen LogP contribution in [-0.4, -0.2) is 26.3 Å². The summed E-state index contributed by atoms with van der Waals surface area (Å²) in [6.07, 6.45) is 0. The average Bonchev–Trinajstić information content (AvgIpc) is 2.76. The number of aryl methyl sites for hydroxylation is 1. The largest absolute Gasteiger partial charge is 0.457 e. The Morgan fingerprint density at radius 2 is 1.27 bits per heavy atom. The van der Waals surface area contributed by atoms with Crippen LogP contribution in [0.3, 0.4) is 0 Å². The summed E-state index contributed by atoms with van der Waals surface area (Å²) in [6.45, 7) is 4.80. The molecule has 3 rings (SSSR count). The van der Waals surface area contributed by atoms with Gasteiger partial charge in [-0.1, -0.05) is 17.7 Å². The molecule has 0 saturated heterocycles. The van der Waals surface area contributed by atoms with Crippen LogP contribution < -0.4 is 20.1 Å². The molecule has 0 aromatic heterocycles. The molecule has 172 valence electrons. The maximum Gasteiger partial charge on any atom is 0.242 e. The molecular weight excluding hydrogens is 442 g/mol. The third kappa shape index (κ3) is 6.90. The van der Waals surface area contributed by atoms with Gasteiger partial charge in [-0.3, -0.25) is 9.59 Å². The molecular formula is C24H25N3O5S. The first kappa shape index (κ1) is 24.0. The molecule has 1 atom stereocenters. The van der Waals surface area contributed by atoms with Crippen molar-refractivity contribution >= 4 is 33.2 Å². The number of ether oxygens (including phenoxy) is 1. The Morgan fingerprint density at radius 1 is 0.788 bits per heavy atom. The van der Waals surface area contributed by atoms with E-state index >= 15 is 0 Å². The highest BCUT2D eigenvalue weighted by molar-refractivity contribution is 7.89. The Bertz CT molecular complexity index is 1220. The lowest BCUT2D eigenvalue weighted by Gasteiger charge is -2.15. The molecule has 2 amide bonds. The zero-order valence-corrected chi connectivity index (χ0v) is 19.3. The van der Waals surface area contributed by atoms with Gasteiger partial charge in [0, 0.05) is 18.3 Å². The summed E-state index contributed by atoms with van der Waals surface area (Å²) in [4.78, 5) is 23.6. The molecule has 0 bridgehead atoms. The first-order valence-corrected chi connectivity index (χ1v) is 11.7. The van der Waals surface area contributed by atoms with Crippen molar-refractivity contribution in [1.82, 2.24) is 4.72 Å². The van der Waals surface area contributed by atoms with Gasteiger partial charge < -0.3 is 15.4 Å². The molecule has 0 unspecified atom stereocenters. The van der Waals surface area contributed by atoms with Crippen molar-refractivity contribution in [2.75, 3.05) is 10.6 Å². The molecule has 3 aromatic rings. The van der Waals surface area contributed by atoms with Crippen LogP contribution in [0.1, 0.15) is 19.4 Å². The normalized spacial score (nSPS) is 12.0. The van der Waals surface area contributed by atoms with E-state index in [0.717, 1.165) is 5.56 Å². The fourth-order valence-electron chi connectivity index (χ4n) is 2.87. The zero-order valence-electron chi connectivity index (χ0n) is 18.5. The Balaban J connectivity index is 1.58. The summed E-state index contributed by atoms with van der Waals surface area (Å²) in [7, 11) is -3.93. The second-order valence-corrected chi connectivity index (χ2v) is 9.19. The van der Waals surface area contributed by atoms with Gasteiger partial charge in [-0.15, -0.1) is 0 Å². The number of hydrogen-bond donors (Lipinski definition) is 3. The highest BCUT2D eigenvalue weighted by Gasteiger charge is 2.22. The SMILES string of the molecule is CC(=O)Nc1ccc(S(=O)(=O)N[C@@H](C)C(=O)Nc2ccc(Oc3ccc(C)cc3)cc2)cc1. The molecule has 8 nitrogen and oxygen atoms in total. The fraction of sp³-hybridized carbons (Fsp3) is 0.167. The second kappa shape index (κ2) is 10.3. The van der Waals surface area contributed by atoms with Crippen molar-refractivity contribution < 1.29 is 22.7 Å². The number of amides is 2. The first-order valence-electron chi connectivity index (χ1n) is 10.2. The van der Waals surface area contributed by atoms with E-state index in [2.05, 4.69) is 15.4 Å². The summed E-state index contributed by atoms with van der Waals surface area (Å²) in [5.41, 5.74) is 2.11. The Kier molecular flexibility index (Phi) is 7.47. The lowest BCUT2D eigenvalue weighted by Crippen LogP contribution is -2.41. The summed E-state index contributed by atoms with van der Waals surface area (Å²) >= 11 is 0. The van der Waals surface area contributed by atoms with Crippen LogP contribution >= 0.6 is 0 Å². The minimum atomic E-state index is -3.93. The lowest BCUT2D eigenvalue weighted by atomic mass is 10.2. The van der Waals surface area contributed by atoms with Gasteiger partial charge >= 0.3 is 0 Å². The Labute approximate surface area is 193 Å². The van der Waals surface area contributed by atoms with Gasteiger partial charge in [0.25, 0.3) is 0 Å². The van der Waals surface area contributed by atoms with Crippen molar-refractivity contribution in [3.63, 3.8) is 0 Å². The van der Waals surface area contributed by atoms with Crippen LogP contribution in [0.5, 0.6) is 11.5 Å². The van der Waals surface area contributed by atoms with E-state index in [-0.39, 0.29) is 10.8 Å². The smallest absolute Gasteiger partial charge is 0.242 e. The van der Waals surface area contributed by atoms with Gasteiger partial charge in [-0.05, 0) is 74.5 Å². The topological polar surface area (TPSA) is 114 Å². The van der Waals surface area contributed by atoms with E-state index in [1.54, 1.807) is 24.3 Å². The molecule has 0 aliphatic rings. The van der Waals surface area contributed by atoms with Crippen LogP contribution in [0.25, 0.3) is 0 Å². The van der Waals surface area contributed by atoms with E-state index in [1.165, 1.54) is 38.1 Å². The summed E-state index contributed by atoms with van der Waals surface area (Å²) in [6, 6.07) is 19.0. The van der Waals surface area contributed by atoms with Crippen LogP contribution in [0.15, 0.2) is 77.7 Å². The van der Waals surface area contributed by atoms with Gasteiger partial charge in [-0.2, -0.15) is 4.72 Å². The monoisotopic (exact) mass is 467 g/mol. The minimum absolute atomic E-state index is 0.0196. The van der Waals surface area contributed by atoms with E-state index < -0.39 is 22.0 Å². The van der Waals surface area contributed by atoms with Crippen LogP contribution in [0, 0.1) is 6.92 Å². The number of nitrogens with one attached hydrogen (secondary N) is 3. The first-order chi connectivity index (χ1) is 15.6. The van der Waals surface area contributed by atoms with Crippen molar-refractivity contribution in [2.24, 2.45) is 0 Å². The maximum atomic E-state index is 12.6. The molecule has 0 spiro atoms. The van der Waals surface area contributed by atoms with Crippen molar-refractivity contribution in [3.05, 3.63) is 78.4 Å². The fourth-order valence-corrected chi connectivity index (χ4v) is 4.08. The molecule has 0 aliphatic heterocycles. The van der Waals surface area contributed by atoms with Crippen LogP contribution in [0.2, 0.25) is 0 Å². The van der Waals surface area contributed by atoms with Crippen LogP contribution in [-0.2, 0) is 19.6 Å². The molecule has 0 fully saturated rings. The average molecular weight is 468 g/mol. The van der Waals surface area contributed by atoms with Gasteiger partial charge in [0.1, 0.15) is 11.5 Å². The van der Waals surface area contributed by atoms with E-state index in [0.29, 0.717) is 22.9 Å². The molecule has 0 aliphatic carbocycles. The quantitative estimate of drug-likeness (QED) is 0.463. The Hall–Kier alpha value is -3.69. The number of benzene rings is 3. The highest BCUT2D eigenvalue weighted by Crippen LogP contribution is 2.23. The van der Waals surface area contributed by atoms with Gasteiger partial charge in [0.05, 0.1) is 10.9 Å². The molecule has 0 heterocycles. The third-order valence-corrected chi connectivity index (χ3v) is 6.15. The minimum Gasteiger partial charge on any atom is -0.457 e. The predicted octanol–water partition coefficient (Wildman–Crippen LogP) is 4.05. The second-order valence-electron chi connectivity index (χ2n) is 7.48. The summed E-state index contributed by atoms with van der Waals surface area (Å²) in [5.74, 6) is 0.531. The van der Waals surface area contributed by atoms with E-state index in [1.807, 2.05) is 31.2 Å². The number of carbonyl (C=O) groups excluding carboxylic acids is 2. The van der Waals surface area contributed by atoms with E-state index in [9.17, 15) is 18.0 Å². The molecule has 3 N–H and O–H groups in total. The summed E-state index contributed by atoms with van der Waals surface area (Å²) < 4.78 is 33.3. The molecule has 33 heavy (non-hydrogen) atoms. The lowest BCUT2D eigenvalue weighted by molar-refractivity contribution is -0.117. The zero-order chi connectivity index (χ0) is 24.0.